The second-order valence-electron chi connectivity index (χ2n) is 6.04. The highest BCUT2D eigenvalue weighted by Gasteiger charge is 2.15. The van der Waals surface area contributed by atoms with Crippen LogP contribution in [0.1, 0.15) is 27.0 Å². The molecule has 2 aromatic carbocycles. The molecule has 2 N–H and O–H groups in total. The Morgan fingerprint density at radius 2 is 1.84 bits per heavy atom. The number of carbonyl (C=O) groups excluding carboxylic acids is 2. The zero-order chi connectivity index (χ0) is 17.8. The summed E-state index contributed by atoms with van der Waals surface area (Å²) in [6, 6.07) is 10.9. The normalized spacial score (nSPS) is 12.1. The van der Waals surface area contributed by atoms with E-state index in [1.807, 2.05) is 32.0 Å². The fraction of sp³-hybridized carbons (Fsp3) is 0.263. The molecule has 0 atom stereocenters. The van der Waals surface area contributed by atoms with E-state index in [1.165, 1.54) is 0 Å². The summed E-state index contributed by atoms with van der Waals surface area (Å²) in [6.07, 6.45) is 0.784. The third-order valence-corrected chi connectivity index (χ3v) is 3.83. The Labute approximate surface area is 146 Å². The number of carbonyl (C=O) groups is 2. The minimum absolute atomic E-state index is 0.179. The highest BCUT2D eigenvalue weighted by Crippen LogP contribution is 2.25. The molecular weight excluding hydrogens is 320 g/mol. The first-order valence-corrected chi connectivity index (χ1v) is 8.07. The number of nitrogens with one attached hydrogen (secondary N) is 2. The summed E-state index contributed by atoms with van der Waals surface area (Å²) in [7, 11) is 0. The molecule has 130 valence electrons. The smallest absolute Gasteiger partial charge is 0.276 e. The Morgan fingerprint density at radius 1 is 1.08 bits per heavy atom. The van der Waals surface area contributed by atoms with Gasteiger partial charge in [-0.1, -0.05) is 6.07 Å². The SMILES string of the molecule is Cc1cc(C)cc(OCC(=O)NNC(=O)c2ccc3c(c2)CCO3)c1. The van der Waals surface area contributed by atoms with Crippen molar-refractivity contribution in [1.82, 2.24) is 10.9 Å². The summed E-state index contributed by atoms with van der Waals surface area (Å²) < 4.78 is 10.9. The number of fused-ring (bicyclic) bond motifs is 1. The van der Waals surface area contributed by atoms with Crippen LogP contribution in [0.15, 0.2) is 36.4 Å². The van der Waals surface area contributed by atoms with Crippen molar-refractivity contribution in [3.05, 3.63) is 58.7 Å². The van der Waals surface area contributed by atoms with E-state index < -0.39 is 5.91 Å². The molecule has 0 saturated heterocycles. The molecule has 0 saturated carbocycles. The third-order valence-electron chi connectivity index (χ3n) is 3.83. The van der Waals surface area contributed by atoms with Crippen molar-refractivity contribution in [2.75, 3.05) is 13.2 Å². The molecule has 2 amide bonds. The number of hydrogen-bond acceptors (Lipinski definition) is 4. The van der Waals surface area contributed by atoms with Crippen molar-refractivity contribution in [3.8, 4) is 11.5 Å². The predicted molar refractivity (Wildman–Crippen MR) is 92.7 cm³/mol. The molecule has 0 aliphatic carbocycles. The molecular formula is C19H20N2O4. The molecule has 6 heteroatoms. The van der Waals surface area contributed by atoms with Gasteiger partial charge in [0.2, 0.25) is 0 Å². The first-order chi connectivity index (χ1) is 12.0. The van der Waals surface area contributed by atoms with Gasteiger partial charge in [0.25, 0.3) is 11.8 Å². The van der Waals surface area contributed by atoms with Gasteiger partial charge in [0.1, 0.15) is 11.5 Å². The van der Waals surface area contributed by atoms with Crippen LogP contribution in [0, 0.1) is 13.8 Å². The van der Waals surface area contributed by atoms with Gasteiger partial charge >= 0.3 is 0 Å². The van der Waals surface area contributed by atoms with Crippen molar-refractivity contribution < 1.29 is 19.1 Å². The van der Waals surface area contributed by atoms with Crippen LogP contribution < -0.4 is 20.3 Å². The minimum atomic E-state index is -0.433. The Kier molecular flexibility index (Phi) is 4.88. The highest BCUT2D eigenvalue weighted by atomic mass is 16.5. The lowest BCUT2D eigenvalue weighted by atomic mass is 10.1. The molecule has 0 radical (unpaired) electrons. The summed E-state index contributed by atoms with van der Waals surface area (Å²) >= 11 is 0. The topological polar surface area (TPSA) is 76.7 Å². The van der Waals surface area contributed by atoms with Crippen LogP contribution in [0.25, 0.3) is 0 Å². The molecule has 0 fully saturated rings. The van der Waals surface area contributed by atoms with E-state index in [0.29, 0.717) is 17.9 Å². The summed E-state index contributed by atoms with van der Waals surface area (Å²) in [6.45, 7) is 4.37. The molecule has 1 aliphatic heterocycles. The van der Waals surface area contributed by atoms with Gasteiger partial charge in [0.05, 0.1) is 6.61 Å². The number of ether oxygens (including phenoxy) is 2. The van der Waals surface area contributed by atoms with Crippen molar-refractivity contribution in [2.45, 2.75) is 20.3 Å². The maximum atomic E-state index is 12.1. The molecule has 6 nitrogen and oxygen atoms in total. The minimum Gasteiger partial charge on any atom is -0.493 e. The quantitative estimate of drug-likeness (QED) is 0.836. The molecule has 0 spiro atoms. The van der Waals surface area contributed by atoms with E-state index in [9.17, 15) is 9.59 Å². The van der Waals surface area contributed by atoms with E-state index in [4.69, 9.17) is 9.47 Å². The second kappa shape index (κ2) is 7.25. The summed E-state index contributed by atoms with van der Waals surface area (Å²) in [5.41, 5.74) is 8.33. The number of rotatable bonds is 4. The largest absolute Gasteiger partial charge is 0.493 e. The second-order valence-corrected chi connectivity index (χ2v) is 6.04. The van der Waals surface area contributed by atoms with Crippen molar-refractivity contribution in [2.24, 2.45) is 0 Å². The predicted octanol–water partition coefficient (Wildman–Crippen LogP) is 2.08. The molecule has 0 aromatic heterocycles. The molecule has 3 rings (SSSR count). The summed E-state index contributed by atoms with van der Waals surface area (Å²) in [5.74, 6) is 0.617. The lowest BCUT2D eigenvalue weighted by Crippen LogP contribution is -2.43. The van der Waals surface area contributed by atoms with Gasteiger partial charge in [-0.3, -0.25) is 20.4 Å². The van der Waals surface area contributed by atoms with Crippen molar-refractivity contribution >= 4 is 11.8 Å². The van der Waals surface area contributed by atoms with E-state index in [0.717, 1.165) is 28.9 Å². The van der Waals surface area contributed by atoms with Gasteiger partial charge in [-0.25, -0.2) is 0 Å². The molecule has 1 heterocycles. The number of benzene rings is 2. The van der Waals surface area contributed by atoms with Crippen LogP contribution >= 0.6 is 0 Å². The number of hydrogen-bond donors (Lipinski definition) is 2. The maximum absolute atomic E-state index is 12.1. The van der Waals surface area contributed by atoms with E-state index in [1.54, 1.807) is 18.2 Å². The maximum Gasteiger partial charge on any atom is 0.276 e. The number of aryl methyl sites for hydroxylation is 2. The lowest BCUT2D eigenvalue weighted by Gasteiger charge is -2.10. The average Bonchev–Trinajstić information content (AvgIpc) is 3.04. The van der Waals surface area contributed by atoms with Gasteiger partial charge in [0.15, 0.2) is 6.61 Å². The van der Waals surface area contributed by atoms with Crippen LogP contribution in [0.5, 0.6) is 11.5 Å². The summed E-state index contributed by atoms with van der Waals surface area (Å²) in [4.78, 5) is 23.9. The van der Waals surface area contributed by atoms with Crippen LogP contribution in [-0.4, -0.2) is 25.0 Å². The van der Waals surface area contributed by atoms with Crippen LogP contribution in [0.2, 0.25) is 0 Å². The first-order valence-electron chi connectivity index (χ1n) is 8.07. The monoisotopic (exact) mass is 340 g/mol. The standard InChI is InChI=1S/C19H20N2O4/c1-12-7-13(2)9-16(8-12)25-11-18(22)20-21-19(23)15-3-4-17-14(10-15)5-6-24-17/h3-4,7-10H,5-6,11H2,1-2H3,(H,20,22)(H,21,23). The fourth-order valence-corrected chi connectivity index (χ4v) is 2.73. The molecule has 0 unspecified atom stereocenters. The van der Waals surface area contributed by atoms with Gasteiger partial charge in [-0.2, -0.15) is 0 Å². The third kappa shape index (κ3) is 4.29. The Hall–Kier alpha value is -3.02. The van der Waals surface area contributed by atoms with E-state index in [2.05, 4.69) is 10.9 Å². The number of amides is 2. The molecule has 2 aromatic rings. The van der Waals surface area contributed by atoms with Gasteiger partial charge in [-0.05, 0) is 60.9 Å². The average molecular weight is 340 g/mol. The van der Waals surface area contributed by atoms with Crippen molar-refractivity contribution in [1.29, 1.82) is 0 Å². The number of hydrazine groups is 1. The molecule has 25 heavy (non-hydrogen) atoms. The van der Waals surface area contributed by atoms with Crippen LogP contribution in [-0.2, 0) is 11.2 Å². The Morgan fingerprint density at radius 3 is 2.60 bits per heavy atom. The van der Waals surface area contributed by atoms with E-state index in [-0.39, 0.29) is 12.5 Å². The fourth-order valence-electron chi connectivity index (χ4n) is 2.73. The van der Waals surface area contributed by atoms with E-state index >= 15 is 0 Å². The zero-order valence-electron chi connectivity index (χ0n) is 14.2. The first kappa shape index (κ1) is 16.8. The van der Waals surface area contributed by atoms with Gasteiger partial charge in [-0.15, -0.1) is 0 Å². The highest BCUT2D eigenvalue weighted by molar-refractivity contribution is 5.95. The zero-order valence-corrected chi connectivity index (χ0v) is 14.2. The Balaban J connectivity index is 1.49. The van der Waals surface area contributed by atoms with Gasteiger partial charge in [0, 0.05) is 12.0 Å². The lowest BCUT2D eigenvalue weighted by molar-refractivity contribution is -0.123. The Bertz CT molecular complexity index is 797. The van der Waals surface area contributed by atoms with Gasteiger partial charge < -0.3 is 9.47 Å². The van der Waals surface area contributed by atoms with Crippen LogP contribution in [0.3, 0.4) is 0 Å². The van der Waals surface area contributed by atoms with Crippen LogP contribution in [0.4, 0.5) is 0 Å². The molecule has 0 bridgehead atoms. The summed E-state index contributed by atoms with van der Waals surface area (Å²) in [5, 5.41) is 0. The van der Waals surface area contributed by atoms with Crippen molar-refractivity contribution in [3.63, 3.8) is 0 Å². The molecule has 1 aliphatic rings.